The molecule has 0 N–H and O–H groups in total. The molecular formula is C19H26O5. The minimum atomic E-state index is -0.680. The van der Waals surface area contributed by atoms with Crippen LogP contribution < -0.4 is 4.74 Å². The van der Waals surface area contributed by atoms with Crippen LogP contribution in [0.25, 0.3) is 0 Å². The SMILES string of the molecule is CC[C@]1(C=O)C[C@H](OCc2ccc(OC)cc2)[C@@H]2OC(C)(C)O[C@@H]21. The number of aldehydes is 1. The number of carbonyl (C=O) groups is 1. The number of fused-ring (bicyclic) bond motifs is 1. The summed E-state index contributed by atoms with van der Waals surface area (Å²) in [6.45, 7) is 6.26. The number of carbonyl (C=O) groups excluding carboxylic acids is 1. The number of methoxy groups -OCH3 is 1. The summed E-state index contributed by atoms with van der Waals surface area (Å²) in [6, 6.07) is 7.79. The molecule has 0 radical (unpaired) electrons. The lowest BCUT2D eigenvalue weighted by Gasteiger charge is -2.29. The molecule has 1 aromatic rings. The van der Waals surface area contributed by atoms with Gasteiger partial charge in [-0.2, -0.15) is 0 Å². The first-order chi connectivity index (χ1) is 11.4. The Morgan fingerprint density at radius 3 is 2.54 bits per heavy atom. The van der Waals surface area contributed by atoms with Gasteiger partial charge in [0.25, 0.3) is 0 Å². The molecule has 0 unspecified atom stereocenters. The molecule has 24 heavy (non-hydrogen) atoms. The molecule has 4 atom stereocenters. The Hall–Kier alpha value is -1.43. The fourth-order valence-electron chi connectivity index (χ4n) is 3.74. The highest BCUT2D eigenvalue weighted by Crippen LogP contribution is 2.50. The molecule has 0 spiro atoms. The second kappa shape index (κ2) is 6.47. The second-order valence-electron chi connectivity index (χ2n) is 7.13. The Labute approximate surface area is 143 Å². The number of hydrogen-bond acceptors (Lipinski definition) is 5. The normalized spacial score (nSPS) is 34.1. The summed E-state index contributed by atoms with van der Waals surface area (Å²) < 4.78 is 23.4. The van der Waals surface area contributed by atoms with Crippen molar-refractivity contribution in [1.82, 2.24) is 0 Å². The zero-order valence-corrected chi connectivity index (χ0v) is 14.8. The van der Waals surface area contributed by atoms with E-state index in [1.54, 1.807) is 7.11 Å². The van der Waals surface area contributed by atoms with Gasteiger partial charge >= 0.3 is 0 Å². The van der Waals surface area contributed by atoms with Crippen molar-refractivity contribution < 1.29 is 23.7 Å². The van der Waals surface area contributed by atoms with Gasteiger partial charge in [-0.1, -0.05) is 19.1 Å². The molecule has 1 saturated heterocycles. The first-order valence-corrected chi connectivity index (χ1v) is 8.49. The van der Waals surface area contributed by atoms with Crippen LogP contribution in [0, 0.1) is 5.41 Å². The maximum absolute atomic E-state index is 11.8. The summed E-state index contributed by atoms with van der Waals surface area (Å²) in [6.07, 6.45) is 1.79. The van der Waals surface area contributed by atoms with Crippen LogP contribution in [0.15, 0.2) is 24.3 Å². The molecule has 1 aliphatic carbocycles. The molecule has 2 fully saturated rings. The van der Waals surface area contributed by atoms with Crippen LogP contribution in [0.2, 0.25) is 0 Å². The van der Waals surface area contributed by atoms with E-state index in [4.69, 9.17) is 18.9 Å². The van der Waals surface area contributed by atoms with Crippen LogP contribution >= 0.6 is 0 Å². The minimum Gasteiger partial charge on any atom is -0.497 e. The van der Waals surface area contributed by atoms with E-state index in [2.05, 4.69) is 0 Å². The number of hydrogen-bond donors (Lipinski definition) is 0. The van der Waals surface area contributed by atoms with Crippen molar-refractivity contribution in [2.24, 2.45) is 5.41 Å². The highest BCUT2D eigenvalue weighted by Gasteiger charge is 2.61. The van der Waals surface area contributed by atoms with Crippen molar-refractivity contribution in [1.29, 1.82) is 0 Å². The summed E-state index contributed by atoms with van der Waals surface area (Å²) in [5.41, 5.74) is 0.536. The van der Waals surface area contributed by atoms with Gasteiger partial charge in [0.15, 0.2) is 5.79 Å². The molecule has 1 aliphatic heterocycles. The Kier molecular flexibility index (Phi) is 4.69. The van der Waals surface area contributed by atoms with E-state index < -0.39 is 11.2 Å². The van der Waals surface area contributed by atoms with Gasteiger partial charge in [-0.3, -0.25) is 0 Å². The smallest absolute Gasteiger partial charge is 0.163 e. The predicted molar refractivity (Wildman–Crippen MR) is 88.8 cm³/mol. The van der Waals surface area contributed by atoms with Gasteiger partial charge in [-0.15, -0.1) is 0 Å². The summed E-state index contributed by atoms with van der Waals surface area (Å²) >= 11 is 0. The molecule has 5 nitrogen and oxygen atoms in total. The third-order valence-electron chi connectivity index (χ3n) is 5.16. The van der Waals surface area contributed by atoms with Crippen molar-refractivity contribution in [2.45, 2.75) is 64.3 Å². The van der Waals surface area contributed by atoms with E-state index in [1.807, 2.05) is 45.0 Å². The van der Waals surface area contributed by atoms with Crippen molar-refractivity contribution >= 4 is 6.29 Å². The van der Waals surface area contributed by atoms with Crippen LogP contribution in [0.5, 0.6) is 5.75 Å². The highest BCUT2D eigenvalue weighted by atomic mass is 16.8. The number of ether oxygens (including phenoxy) is 4. The van der Waals surface area contributed by atoms with Crippen LogP contribution in [-0.4, -0.2) is 37.5 Å². The first kappa shape index (κ1) is 17.4. The van der Waals surface area contributed by atoms with E-state index in [-0.39, 0.29) is 18.3 Å². The maximum atomic E-state index is 11.8. The van der Waals surface area contributed by atoms with Crippen LogP contribution in [0.4, 0.5) is 0 Å². The van der Waals surface area contributed by atoms with Gasteiger partial charge in [-0.05, 0) is 44.4 Å². The molecule has 5 heteroatoms. The molecular weight excluding hydrogens is 308 g/mol. The fourth-order valence-corrected chi connectivity index (χ4v) is 3.74. The van der Waals surface area contributed by atoms with Crippen LogP contribution in [0.1, 0.15) is 39.2 Å². The zero-order valence-electron chi connectivity index (χ0n) is 14.8. The number of rotatable bonds is 6. The van der Waals surface area contributed by atoms with Gasteiger partial charge in [0, 0.05) is 0 Å². The Morgan fingerprint density at radius 1 is 1.25 bits per heavy atom. The van der Waals surface area contributed by atoms with Crippen molar-refractivity contribution in [3.8, 4) is 5.75 Å². The lowest BCUT2D eigenvalue weighted by atomic mass is 9.83. The van der Waals surface area contributed by atoms with E-state index in [0.29, 0.717) is 13.0 Å². The average molecular weight is 334 g/mol. The molecule has 3 rings (SSSR count). The molecule has 1 aromatic carbocycles. The molecule has 1 saturated carbocycles. The topological polar surface area (TPSA) is 54.0 Å². The lowest BCUT2D eigenvalue weighted by molar-refractivity contribution is -0.180. The maximum Gasteiger partial charge on any atom is 0.163 e. The second-order valence-corrected chi connectivity index (χ2v) is 7.13. The lowest BCUT2D eigenvalue weighted by Crippen LogP contribution is -2.36. The average Bonchev–Trinajstić information content (AvgIpc) is 3.05. The van der Waals surface area contributed by atoms with Crippen molar-refractivity contribution in [3.63, 3.8) is 0 Å². The number of benzene rings is 1. The van der Waals surface area contributed by atoms with Gasteiger partial charge in [-0.25, -0.2) is 0 Å². The third kappa shape index (κ3) is 3.08. The monoisotopic (exact) mass is 334 g/mol. The van der Waals surface area contributed by atoms with Gasteiger partial charge in [0.2, 0.25) is 0 Å². The summed E-state index contributed by atoms with van der Waals surface area (Å²) in [5, 5.41) is 0. The minimum absolute atomic E-state index is 0.149. The van der Waals surface area contributed by atoms with Gasteiger partial charge < -0.3 is 23.7 Å². The summed E-state index contributed by atoms with van der Waals surface area (Å²) in [7, 11) is 1.65. The largest absolute Gasteiger partial charge is 0.497 e. The van der Waals surface area contributed by atoms with E-state index in [0.717, 1.165) is 24.0 Å². The standard InChI is InChI=1S/C19H26O5/c1-5-19(12-20)10-15(16-17(19)24-18(2,3)23-16)22-11-13-6-8-14(21-4)9-7-13/h6-9,12,15-17H,5,10-11H2,1-4H3/t15-,16-,17-,19+/m0/s1. The third-order valence-corrected chi connectivity index (χ3v) is 5.16. The van der Waals surface area contributed by atoms with E-state index in [1.165, 1.54) is 0 Å². The molecule has 0 aromatic heterocycles. The fraction of sp³-hybridized carbons (Fsp3) is 0.632. The zero-order chi connectivity index (χ0) is 17.4. The highest BCUT2D eigenvalue weighted by molar-refractivity contribution is 5.62. The summed E-state index contributed by atoms with van der Waals surface area (Å²) in [4.78, 5) is 11.8. The van der Waals surface area contributed by atoms with Gasteiger partial charge in [0.1, 0.15) is 24.2 Å². The predicted octanol–water partition coefficient (Wildman–Crippen LogP) is 3.10. The first-order valence-electron chi connectivity index (χ1n) is 8.49. The molecule has 132 valence electrons. The Bertz CT molecular complexity index is 582. The van der Waals surface area contributed by atoms with Gasteiger partial charge in [0.05, 0.1) is 25.2 Å². The molecule has 1 heterocycles. The van der Waals surface area contributed by atoms with Crippen molar-refractivity contribution in [3.05, 3.63) is 29.8 Å². The molecule has 0 amide bonds. The van der Waals surface area contributed by atoms with E-state index >= 15 is 0 Å². The Morgan fingerprint density at radius 2 is 1.96 bits per heavy atom. The molecule has 0 bridgehead atoms. The van der Waals surface area contributed by atoms with Crippen LogP contribution in [-0.2, 0) is 25.6 Å². The Balaban J connectivity index is 1.71. The summed E-state index contributed by atoms with van der Waals surface area (Å²) in [5.74, 6) is 0.140. The van der Waals surface area contributed by atoms with Crippen molar-refractivity contribution in [2.75, 3.05) is 7.11 Å². The van der Waals surface area contributed by atoms with E-state index in [9.17, 15) is 4.79 Å². The quantitative estimate of drug-likeness (QED) is 0.748. The molecule has 2 aliphatic rings. The van der Waals surface area contributed by atoms with Crippen LogP contribution in [0.3, 0.4) is 0 Å².